The van der Waals surface area contributed by atoms with Crippen molar-refractivity contribution < 1.29 is 9.90 Å². The van der Waals surface area contributed by atoms with Gasteiger partial charge in [-0.3, -0.25) is 9.59 Å². The fourth-order valence-electron chi connectivity index (χ4n) is 3.49. The van der Waals surface area contributed by atoms with Gasteiger partial charge in [0.2, 0.25) is 0 Å². The summed E-state index contributed by atoms with van der Waals surface area (Å²) in [6, 6.07) is 12.6. The van der Waals surface area contributed by atoms with Gasteiger partial charge in [-0.25, -0.2) is 0 Å². The average Bonchev–Trinajstić information content (AvgIpc) is 2.65. The van der Waals surface area contributed by atoms with Gasteiger partial charge in [-0.2, -0.15) is 0 Å². The monoisotopic (exact) mass is 368 g/mol. The normalized spacial score (nSPS) is 13.0. The Hall–Kier alpha value is -2.79. The van der Waals surface area contributed by atoms with Gasteiger partial charge >= 0.3 is 0 Å². The van der Waals surface area contributed by atoms with Crippen molar-refractivity contribution in [3.05, 3.63) is 74.5 Å². The lowest BCUT2D eigenvalue weighted by molar-refractivity contribution is 0.0946. The summed E-state index contributed by atoms with van der Waals surface area (Å²) in [6.07, 6.45) is 1.70. The van der Waals surface area contributed by atoms with E-state index < -0.39 is 11.5 Å². The number of amides is 1. The summed E-state index contributed by atoms with van der Waals surface area (Å²) in [5, 5.41) is 14.5. The molecule has 5 nitrogen and oxygen atoms in total. The predicted molar refractivity (Wildman–Crippen MR) is 101 cm³/mol. The molecule has 0 aliphatic carbocycles. The van der Waals surface area contributed by atoms with Gasteiger partial charge < -0.3 is 15.0 Å². The third kappa shape index (κ3) is 2.74. The molecule has 0 spiro atoms. The Bertz CT molecular complexity index is 1070. The minimum Gasteiger partial charge on any atom is -0.506 e. The molecule has 0 saturated carbocycles. The molecule has 2 N–H and O–H groups in total. The number of nitrogens with zero attached hydrogens (tertiary/aromatic N) is 1. The number of pyridine rings is 1. The number of rotatable bonds is 3. The number of carbonyl (C=O) groups excluding carboxylic acids is 1. The van der Waals surface area contributed by atoms with Crippen molar-refractivity contribution in [1.82, 2.24) is 9.88 Å². The van der Waals surface area contributed by atoms with Crippen LogP contribution in [0.1, 0.15) is 27.9 Å². The first-order chi connectivity index (χ1) is 12.6. The molecule has 2 heterocycles. The van der Waals surface area contributed by atoms with Crippen LogP contribution in [0, 0.1) is 0 Å². The Balaban J connectivity index is 1.73. The van der Waals surface area contributed by atoms with Crippen LogP contribution >= 0.6 is 11.6 Å². The van der Waals surface area contributed by atoms with E-state index in [1.54, 1.807) is 34.9 Å². The van der Waals surface area contributed by atoms with Crippen LogP contribution in [0.2, 0.25) is 5.02 Å². The van der Waals surface area contributed by atoms with E-state index in [1.807, 2.05) is 12.1 Å². The molecule has 0 fully saturated rings. The second kappa shape index (κ2) is 6.50. The zero-order valence-corrected chi connectivity index (χ0v) is 14.7. The summed E-state index contributed by atoms with van der Waals surface area (Å²) in [6.45, 7) is 0.789. The first-order valence-electron chi connectivity index (χ1n) is 8.46. The molecular formula is C20H17ClN2O3. The highest BCUT2D eigenvalue weighted by Crippen LogP contribution is 2.31. The Labute approximate surface area is 154 Å². The van der Waals surface area contributed by atoms with Gasteiger partial charge in [0, 0.05) is 23.5 Å². The van der Waals surface area contributed by atoms with Gasteiger partial charge in [0.1, 0.15) is 11.3 Å². The van der Waals surface area contributed by atoms with Crippen LogP contribution in [0.5, 0.6) is 5.75 Å². The van der Waals surface area contributed by atoms with Gasteiger partial charge in [-0.1, -0.05) is 35.9 Å². The number of para-hydroxylation sites is 1. The number of halogens is 1. The zero-order chi connectivity index (χ0) is 18.3. The fourth-order valence-corrected chi connectivity index (χ4v) is 3.62. The Morgan fingerprint density at radius 3 is 2.73 bits per heavy atom. The number of hydrogen-bond donors (Lipinski definition) is 2. The van der Waals surface area contributed by atoms with Crippen molar-refractivity contribution in [2.75, 3.05) is 0 Å². The fraction of sp³-hybridized carbons (Fsp3) is 0.200. The van der Waals surface area contributed by atoms with Crippen molar-refractivity contribution in [2.45, 2.75) is 25.9 Å². The molecule has 3 aromatic rings. The summed E-state index contributed by atoms with van der Waals surface area (Å²) < 4.78 is 1.60. The van der Waals surface area contributed by atoms with Crippen LogP contribution in [0.15, 0.2) is 47.3 Å². The van der Waals surface area contributed by atoms with Crippen LogP contribution in [0.4, 0.5) is 0 Å². The highest BCUT2D eigenvalue weighted by atomic mass is 35.5. The molecule has 0 radical (unpaired) electrons. The lowest BCUT2D eigenvalue weighted by Gasteiger charge is -2.21. The molecule has 1 amide bonds. The number of benzene rings is 2. The summed E-state index contributed by atoms with van der Waals surface area (Å²) in [5.41, 5.74) is 1.96. The third-order valence-electron chi connectivity index (χ3n) is 4.76. The van der Waals surface area contributed by atoms with Crippen LogP contribution < -0.4 is 10.9 Å². The number of nitrogens with one attached hydrogen (secondary N) is 1. The molecule has 132 valence electrons. The van der Waals surface area contributed by atoms with E-state index in [-0.39, 0.29) is 17.9 Å². The van der Waals surface area contributed by atoms with E-state index in [9.17, 15) is 14.7 Å². The van der Waals surface area contributed by atoms with E-state index in [4.69, 9.17) is 11.6 Å². The Morgan fingerprint density at radius 2 is 1.96 bits per heavy atom. The van der Waals surface area contributed by atoms with Gasteiger partial charge in [0.25, 0.3) is 11.5 Å². The number of aromatic nitrogens is 1. The summed E-state index contributed by atoms with van der Waals surface area (Å²) >= 11 is 5.85. The average molecular weight is 369 g/mol. The maximum atomic E-state index is 12.8. The first kappa shape index (κ1) is 16.7. The van der Waals surface area contributed by atoms with Gasteiger partial charge in [0.15, 0.2) is 0 Å². The lowest BCUT2D eigenvalue weighted by atomic mass is 9.99. The van der Waals surface area contributed by atoms with Crippen LogP contribution in [0.25, 0.3) is 10.9 Å². The molecule has 0 atom stereocenters. The summed E-state index contributed by atoms with van der Waals surface area (Å²) in [5.74, 6) is -0.831. The molecule has 26 heavy (non-hydrogen) atoms. The quantitative estimate of drug-likeness (QED) is 0.745. The summed E-state index contributed by atoms with van der Waals surface area (Å²) in [7, 11) is 0. The second-order valence-electron chi connectivity index (χ2n) is 6.41. The molecule has 1 aliphatic rings. The van der Waals surface area contributed by atoms with E-state index in [0.29, 0.717) is 17.0 Å². The van der Waals surface area contributed by atoms with Crippen molar-refractivity contribution in [3.8, 4) is 5.75 Å². The predicted octanol–water partition coefficient (Wildman–Crippen LogP) is 3.24. The van der Waals surface area contributed by atoms with E-state index in [2.05, 4.69) is 5.32 Å². The van der Waals surface area contributed by atoms with Crippen LogP contribution in [0.3, 0.4) is 0 Å². The number of aryl methyl sites for hydroxylation is 2. The molecule has 1 aliphatic heterocycles. The molecule has 4 rings (SSSR count). The second-order valence-corrected chi connectivity index (χ2v) is 6.84. The molecular weight excluding hydrogens is 352 g/mol. The largest absolute Gasteiger partial charge is 0.506 e. The van der Waals surface area contributed by atoms with Crippen molar-refractivity contribution in [1.29, 1.82) is 0 Å². The Kier molecular flexibility index (Phi) is 4.17. The molecule has 0 saturated heterocycles. The molecule has 2 aromatic carbocycles. The van der Waals surface area contributed by atoms with Gasteiger partial charge in [-0.05, 0) is 42.2 Å². The number of carbonyl (C=O) groups is 1. The first-order valence-corrected chi connectivity index (χ1v) is 8.84. The SMILES string of the molecule is O=C(NCc1ccc(Cl)cc1)c1c(O)c2cccc3c2n(c1=O)CCC3. The summed E-state index contributed by atoms with van der Waals surface area (Å²) in [4.78, 5) is 25.5. The molecule has 0 bridgehead atoms. The van der Waals surface area contributed by atoms with Gasteiger partial charge in [0.05, 0.1) is 5.52 Å². The van der Waals surface area contributed by atoms with Crippen LogP contribution in [-0.2, 0) is 19.5 Å². The number of aromatic hydroxyl groups is 1. The van der Waals surface area contributed by atoms with E-state index >= 15 is 0 Å². The minimum atomic E-state index is -0.580. The van der Waals surface area contributed by atoms with E-state index in [0.717, 1.165) is 29.5 Å². The molecule has 6 heteroatoms. The minimum absolute atomic E-state index is 0.203. The number of hydrogen-bond acceptors (Lipinski definition) is 3. The standard InChI is InChI=1S/C20H17ClN2O3/c21-14-8-6-12(7-9-14)11-22-19(25)16-18(24)15-5-1-3-13-4-2-10-23(17(13)15)20(16)26/h1,3,5-9,24H,2,4,10-11H2,(H,22,25). The van der Waals surface area contributed by atoms with Crippen molar-refractivity contribution in [3.63, 3.8) is 0 Å². The third-order valence-corrected chi connectivity index (χ3v) is 5.01. The zero-order valence-electron chi connectivity index (χ0n) is 14.0. The van der Waals surface area contributed by atoms with Crippen LogP contribution in [-0.4, -0.2) is 15.6 Å². The maximum Gasteiger partial charge on any atom is 0.267 e. The highest BCUT2D eigenvalue weighted by molar-refractivity contribution is 6.30. The Morgan fingerprint density at radius 1 is 1.19 bits per heavy atom. The van der Waals surface area contributed by atoms with E-state index in [1.165, 1.54) is 0 Å². The maximum absolute atomic E-state index is 12.8. The van der Waals surface area contributed by atoms with Crippen molar-refractivity contribution in [2.24, 2.45) is 0 Å². The molecule has 0 unspecified atom stereocenters. The smallest absolute Gasteiger partial charge is 0.267 e. The topological polar surface area (TPSA) is 71.3 Å². The lowest BCUT2D eigenvalue weighted by Crippen LogP contribution is -2.34. The highest BCUT2D eigenvalue weighted by Gasteiger charge is 2.24. The van der Waals surface area contributed by atoms with Gasteiger partial charge in [-0.15, -0.1) is 0 Å². The van der Waals surface area contributed by atoms with Crippen molar-refractivity contribution >= 4 is 28.4 Å². The molecule has 1 aromatic heterocycles.